The molecule has 0 atom stereocenters. The number of hydrogen-bond donors (Lipinski definition) is 2. The van der Waals surface area contributed by atoms with Gasteiger partial charge in [0, 0.05) is 22.2 Å². The highest BCUT2D eigenvalue weighted by atomic mass is 16.5. The van der Waals surface area contributed by atoms with Crippen LogP contribution < -0.4 is 4.74 Å². The molecule has 0 unspecified atom stereocenters. The molecule has 21 heavy (non-hydrogen) atoms. The van der Waals surface area contributed by atoms with Crippen molar-refractivity contribution < 1.29 is 14.6 Å². The highest BCUT2D eigenvalue weighted by molar-refractivity contribution is 5.88. The quantitative estimate of drug-likeness (QED) is 0.903. The number of fused-ring (bicyclic) bond motifs is 1. The number of carboxylic acid groups (broad SMARTS) is 1. The third-order valence-electron chi connectivity index (χ3n) is 4.71. The molecule has 1 aromatic carbocycles. The summed E-state index contributed by atoms with van der Waals surface area (Å²) in [4.78, 5) is 15.3. The summed E-state index contributed by atoms with van der Waals surface area (Å²) in [6, 6.07) is 5.98. The van der Waals surface area contributed by atoms with Crippen molar-refractivity contribution in [1.82, 2.24) is 4.98 Å². The molecule has 0 bridgehead atoms. The van der Waals surface area contributed by atoms with Crippen molar-refractivity contribution in [3.05, 3.63) is 29.5 Å². The van der Waals surface area contributed by atoms with Gasteiger partial charge in [0.15, 0.2) is 0 Å². The van der Waals surface area contributed by atoms with E-state index in [1.807, 2.05) is 19.1 Å². The van der Waals surface area contributed by atoms with E-state index in [0.29, 0.717) is 18.6 Å². The molecule has 0 amide bonds. The molecule has 0 spiro atoms. The summed E-state index contributed by atoms with van der Waals surface area (Å²) in [5.74, 6) is -0.0473. The van der Waals surface area contributed by atoms with Gasteiger partial charge in [-0.3, -0.25) is 4.79 Å². The number of aromatic nitrogens is 1. The zero-order chi connectivity index (χ0) is 15.0. The molecule has 0 saturated heterocycles. The Morgan fingerprint density at radius 3 is 2.57 bits per heavy atom. The van der Waals surface area contributed by atoms with Gasteiger partial charge in [0.1, 0.15) is 5.75 Å². The highest BCUT2D eigenvalue weighted by Gasteiger charge is 2.43. The van der Waals surface area contributed by atoms with Crippen LogP contribution in [0.3, 0.4) is 0 Å². The maximum atomic E-state index is 12.0. The summed E-state index contributed by atoms with van der Waals surface area (Å²) in [7, 11) is 1.61. The number of carboxylic acids is 1. The minimum atomic E-state index is -0.809. The molecule has 1 aromatic heterocycles. The molecule has 112 valence electrons. The molecule has 0 aliphatic heterocycles. The zero-order valence-corrected chi connectivity index (χ0v) is 12.5. The Morgan fingerprint density at radius 2 is 1.95 bits per heavy atom. The van der Waals surface area contributed by atoms with Crippen LogP contribution in [0.15, 0.2) is 18.2 Å². The van der Waals surface area contributed by atoms with Crippen LogP contribution in [0.2, 0.25) is 0 Å². The van der Waals surface area contributed by atoms with Crippen LogP contribution in [-0.4, -0.2) is 23.2 Å². The number of aliphatic carboxylic acids is 1. The third-order valence-corrected chi connectivity index (χ3v) is 4.71. The average molecular weight is 287 g/mol. The van der Waals surface area contributed by atoms with E-state index in [9.17, 15) is 9.90 Å². The normalized spacial score (nSPS) is 17.8. The third kappa shape index (κ3) is 2.19. The molecule has 1 fully saturated rings. The van der Waals surface area contributed by atoms with Crippen LogP contribution in [0.25, 0.3) is 10.9 Å². The first-order valence-electron chi connectivity index (χ1n) is 7.48. The van der Waals surface area contributed by atoms with E-state index in [0.717, 1.165) is 41.4 Å². The number of benzene rings is 1. The maximum Gasteiger partial charge on any atom is 0.314 e. The Kier molecular flexibility index (Phi) is 3.40. The second-order valence-electron chi connectivity index (χ2n) is 6.04. The molecular weight excluding hydrogens is 266 g/mol. The van der Waals surface area contributed by atoms with E-state index in [1.54, 1.807) is 7.11 Å². The number of hydrogen-bond acceptors (Lipinski definition) is 2. The number of rotatable bonds is 3. The summed E-state index contributed by atoms with van der Waals surface area (Å²) in [5.41, 5.74) is 2.05. The van der Waals surface area contributed by atoms with Crippen LogP contribution in [0.5, 0.6) is 5.75 Å². The Balaban J connectivity index is 2.22. The predicted octanol–water partition coefficient (Wildman–Crippen LogP) is 3.77. The van der Waals surface area contributed by atoms with Gasteiger partial charge in [0.2, 0.25) is 0 Å². The van der Waals surface area contributed by atoms with E-state index < -0.39 is 11.4 Å². The molecule has 2 N–H and O–H groups in total. The lowest BCUT2D eigenvalue weighted by atomic mass is 9.69. The monoisotopic (exact) mass is 287 g/mol. The molecule has 1 saturated carbocycles. The van der Waals surface area contributed by atoms with Gasteiger partial charge in [-0.05, 0) is 38.0 Å². The fraction of sp³-hybridized carbons (Fsp3) is 0.471. The van der Waals surface area contributed by atoms with Gasteiger partial charge in [-0.2, -0.15) is 0 Å². The van der Waals surface area contributed by atoms with E-state index in [2.05, 4.69) is 11.1 Å². The summed E-state index contributed by atoms with van der Waals surface area (Å²) < 4.78 is 5.51. The predicted molar refractivity (Wildman–Crippen MR) is 82.0 cm³/mol. The van der Waals surface area contributed by atoms with Crippen molar-refractivity contribution in [3.63, 3.8) is 0 Å². The molecule has 1 aliphatic carbocycles. The summed E-state index contributed by atoms with van der Waals surface area (Å²) in [6.07, 6.45) is 4.39. The first-order chi connectivity index (χ1) is 10.1. The van der Waals surface area contributed by atoms with Crippen LogP contribution in [0.4, 0.5) is 0 Å². The summed E-state index contributed by atoms with van der Waals surface area (Å²) in [5, 5.41) is 10.9. The van der Waals surface area contributed by atoms with Crippen molar-refractivity contribution in [2.45, 2.75) is 44.4 Å². The topological polar surface area (TPSA) is 62.3 Å². The summed E-state index contributed by atoms with van der Waals surface area (Å²) >= 11 is 0. The number of carbonyl (C=O) groups is 1. The lowest BCUT2D eigenvalue weighted by molar-refractivity contribution is -0.145. The average Bonchev–Trinajstić information content (AvgIpc) is 2.85. The number of nitrogens with one attached hydrogen (secondary N) is 1. The smallest absolute Gasteiger partial charge is 0.314 e. The van der Waals surface area contributed by atoms with Crippen molar-refractivity contribution in [2.24, 2.45) is 0 Å². The Bertz CT molecular complexity index is 681. The second-order valence-corrected chi connectivity index (χ2v) is 6.04. The summed E-state index contributed by atoms with van der Waals surface area (Å²) in [6.45, 7) is 2.00. The second kappa shape index (κ2) is 5.10. The maximum absolute atomic E-state index is 12.0. The van der Waals surface area contributed by atoms with Crippen LogP contribution in [-0.2, 0) is 10.2 Å². The minimum absolute atomic E-state index is 0.684. The van der Waals surface area contributed by atoms with Gasteiger partial charge in [-0.25, -0.2) is 0 Å². The van der Waals surface area contributed by atoms with Crippen molar-refractivity contribution in [2.75, 3.05) is 7.11 Å². The molecule has 1 aliphatic rings. The van der Waals surface area contributed by atoms with Crippen LogP contribution in [0, 0.1) is 6.92 Å². The van der Waals surface area contributed by atoms with E-state index >= 15 is 0 Å². The van der Waals surface area contributed by atoms with Gasteiger partial charge in [-0.1, -0.05) is 19.3 Å². The molecule has 0 radical (unpaired) electrons. The lowest BCUT2D eigenvalue weighted by Crippen LogP contribution is -2.38. The van der Waals surface area contributed by atoms with Crippen molar-refractivity contribution in [1.29, 1.82) is 0 Å². The van der Waals surface area contributed by atoms with Gasteiger partial charge in [0.05, 0.1) is 12.5 Å². The molecule has 2 aromatic rings. The molecule has 1 heterocycles. The van der Waals surface area contributed by atoms with E-state index in [4.69, 9.17) is 4.74 Å². The van der Waals surface area contributed by atoms with E-state index in [1.165, 1.54) is 0 Å². The van der Waals surface area contributed by atoms with Crippen molar-refractivity contribution >= 4 is 16.9 Å². The van der Waals surface area contributed by atoms with Crippen molar-refractivity contribution in [3.8, 4) is 5.75 Å². The van der Waals surface area contributed by atoms with Gasteiger partial charge >= 0.3 is 5.97 Å². The minimum Gasteiger partial charge on any atom is -0.496 e. The zero-order valence-electron chi connectivity index (χ0n) is 12.5. The lowest BCUT2D eigenvalue weighted by Gasteiger charge is -2.34. The number of ether oxygens (including phenoxy) is 1. The number of H-pyrrole nitrogens is 1. The Morgan fingerprint density at radius 1 is 1.24 bits per heavy atom. The number of aromatic amines is 1. The first kappa shape index (κ1) is 14.0. The van der Waals surface area contributed by atoms with Crippen LogP contribution in [0.1, 0.15) is 43.4 Å². The highest BCUT2D eigenvalue weighted by Crippen LogP contribution is 2.44. The van der Waals surface area contributed by atoms with Gasteiger partial charge in [-0.15, -0.1) is 0 Å². The fourth-order valence-corrected chi connectivity index (χ4v) is 3.60. The fourth-order valence-electron chi connectivity index (χ4n) is 3.60. The van der Waals surface area contributed by atoms with Crippen LogP contribution >= 0.6 is 0 Å². The standard InChI is InChI=1S/C17H21NO3/c1-11-8-12-9-15(21-2)13(10-14(12)18-11)17(16(19)20)6-4-3-5-7-17/h8-10,18H,3-7H2,1-2H3,(H,19,20). The SMILES string of the molecule is COc1cc2cc(C)[nH]c2cc1C1(C(=O)O)CCCCC1. The molecule has 4 heteroatoms. The van der Waals surface area contributed by atoms with Gasteiger partial charge < -0.3 is 14.8 Å². The molecule has 4 nitrogen and oxygen atoms in total. The van der Waals surface area contributed by atoms with Gasteiger partial charge in [0.25, 0.3) is 0 Å². The Labute approximate surface area is 124 Å². The molecular formula is C17H21NO3. The molecule has 3 rings (SSSR count). The number of methoxy groups -OCH3 is 1. The first-order valence-corrected chi connectivity index (χ1v) is 7.48. The Hall–Kier alpha value is -1.97. The largest absolute Gasteiger partial charge is 0.496 e. The van der Waals surface area contributed by atoms with E-state index in [-0.39, 0.29) is 0 Å². The number of aryl methyl sites for hydroxylation is 1.